The van der Waals surface area contributed by atoms with Gasteiger partial charge in [-0.3, -0.25) is 4.79 Å². The highest BCUT2D eigenvalue weighted by atomic mass is 32.1. The van der Waals surface area contributed by atoms with Crippen LogP contribution in [0.2, 0.25) is 0 Å². The number of carbonyl (C=O) groups excluding carboxylic acids is 1. The van der Waals surface area contributed by atoms with Gasteiger partial charge in [0.2, 0.25) is 5.13 Å². The van der Waals surface area contributed by atoms with Gasteiger partial charge in [0, 0.05) is 18.5 Å². The molecule has 1 aliphatic rings. The Kier molecular flexibility index (Phi) is 4.20. The number of hydrogen-bond donors (Lipinski definition) is 0. The van der Waals surface area contributed by atoms with Gasteiger partial charge in [-0.25, -0.2) is 9.67 Å². The van der Waals surface area contributed by atoms with Gasteiger partial charge in [-0.15, -0.1) is 11.3 Å². The van der Waals surface area contributed by atoms with E-state index in [0.717, 1.165) is 28.5 Å². The number of nitrogens with zero attached hydrogens (tertiary/aromatic N) is 4. The van der Waals surface area contributed by atoms with Crippen molar-refractivity contribution in [2.24, 2.45) is 0 Å². The minimum atomic E-state index is -4.54. The highest BCUT2D eigenvalue weighted by Crippen LogP contribution is 2.32. The van der Waals surface area contributed by atoms with E-state index >= 15 is 0 Å². The van der Waals surface area contributed by atoms with Crippen molar-refractivity contribution in [2.75, 3.05) is 13.1 Å². The Labute approximate surface area is 140 Å². The predicted octanol–water partition coefficient (Wildman–Crippen LogP) is 3.45. The lowest BCUT2D eigenvalue weighted by atomic mass is 10.1. The molecule has 0 aromatic carbocycles. The highest BCUT2D eigenvalue weighted by molar-refractivity contribution is 7.12. The minimum absolute atomic E-state index is 0.0301. The quantitative estimate of drug-likeness (QED) is 0.775. The summed E-state index contributed by atoms with van der Waals surface area (Å²) in [4.78, 5) is 18.1. The molecule has 128 valence electrons. The lowest BCUT2D eigenvalue weighted by Gasteiger charge is -2.24. The lowest BCUT2D eigenvalue weighted by Crippen LogP contribution is -2.34. The van der Waals surface area contributed by atoms with Gasteiger partial charge in [-0.1, -0.05) is 11.6 Å². The maximum Gasteiger partial charge on any atom is 0.433 e. The van der Waals surface area contributed by atoms with Crippen LogP contribution in [0.1, 0.15) is 35.2 Å². The van der Waals surface area contributed by atoms with Crippen molar-refractivity contribution in [1.82, 2.24) is 19.7 Å². The molecule has 0 spiro atoms. The monoisotopic (exact) mass is 356 g/mol. The van der Waals surface area contributed by atoms with Crippen LogP contribution in [0.15, 0.2) is 23.1 Å². The van der Waals surface area contributed by atoms with Crippen LogP contribution in [0.3, 0.4) is 0 Å². The second-order valence-electron chi connectivity index (χ2n) is 5.65. The summed E-state index contributed by atoms with van der Waals surface area (Å²) in [6, 6.07) is 0.959. The van der Waals surface area contributed by atoms with Crippen LogP contribution in [0.4, 0.5) is 13.2 Å². The fourth-order valence-corrected chi connectivity index (χ4v) is 3.18. The largest absolute Gasteiger partial charge is 0.433 e. The molecule has 9 heteroatoms. The highest BCUT2D eigenvalue weighted by Gasteiger charge is 2.36. The van der Waals surface area contributed by atoms with Gasteiger partial charge in [-0.05, 0) is 26.3 Å². The summed E-state index contributed by atoms with van der Waals surface area (Å²) in [5.41, 5.74) is 0.705. The number of amides is 1. The van der Waals surface area contributed by atoms with Crippen molar-refractivity contribution in [3.63, 3.8) is 0 Å². The zero-order valence-corrected chi connectivity index (χ0v) is 13.9. The van der Waals surface area contributed by atoms with E-state index in [4.69, 9.17) is 0 Å². The summed E-state index contributed by atoms with van der Waals surface area (Å²) in [7, 11) is 0. The van der Waals surface area contributed by atoms with Crippen molar-refractivity contribution >= 4 is 17.2 Å². The first-order valence-corrected chi connectivity index (χ1v) is 8.18. The average molecular weight is 356 g/mol. The molecular weight excluding hydrogens is 341 g/mol. The fraction of sp³-hybridized carbons (Fsp3) is 0.400. The van der Waals surface area contributed by atoms with Gasteiger partial charge < -0.3 is 4.90 Å². The van der Waals surface area contributed by atoms with Crippen LogP contribution in [0, 0.1) is 6.92 Å². The zero-order valence-electron chi connectivity index (χ0n) is 13.1. The maximum atomic E-state index is 13.1. The van der Waals surface area contributed by atoms with E-state index in [1.165, 1.54) is 17.9 Å². The molecule has 0 fully saturated rings. The van der Waals surface area contributed by atoms with E-state index in [1.54, 1.807) is 4.90 Å². The molecule has 0 saturated carbocycles. The van der Waals surface area contributed by atoms with Crippen molar-refractivity contribution < 1.29 is 18.0 Å². The molecule has 0 bridgehead atoms. The number of aromatic nitrogens is 3. The molecular formula is C15H15F3N4OS. The van der Waals surface area contributed by atoms with Gasteiger partial charge in [0.05, 0.1) is 5.69 Å². The molecule has 0 atom stereocenters. The SMILES string of the molecule is CC1=CCN(C(=O)c2csc(-n3nc(C)cc3C(F)(F)F)n2)CC1. The number of hydrogen-bond acceptors (Lipinski definition) is 4. The third-order valence-corrected chi connectivity index (χ3v) is 4.55. The first kappa shape index (κ1) is 16.7. The summed E-state index contributed by atoms with van der Waals surface area (Å²) in [5.74, 6) is -0.279. The number of thiazole rings is 1. The van der Waals surface area contributed by atoms with Crippen molar-refractivity contribution in [3.8, 4) is 5.13 Å². The first-order chi connectivity index (χ1) is 11.3. The fourth-order valence-electron chi connectivity index (χ4n) is 2.42. The van der Waals surface area contributed by atoms with Crippen molar-refractivity contribution in [1.29, 1.82) is 0 Å². The van der Waals surface area contributed by atoms with Crippen LogP contribution in [0.5, 0.6) is 0 Å². The molecule has 24 heavy (non-hydrogen) atoms. The van der Waals surface area contributed by atoms with Crippen LogP contribution < -0.4 is 0 Å². The molecule has 0 saturated heterocycles. The topological polar surface area (TPSA) is 51.0 Å². The Morgan fingerprint density at radius 2 is 2.08 bits per heavy atom. The Hall–Kier alpha value is -2.16. The summed E-state index contributed by atoms with van der Waals surface area (Å²) >= 11 is 0.966. The molecule has 2 aromatic rings. The van der Waals surface area contributed by atoms with Gasteiger partial charge in [0.1, 0.15) is 5.69 Å². The molecule has 5 nitrogen and oxygen atoms in total. The molecule has 0 unspecified atom stereocenters. The van der Waals surface area contributed by atoms with E-state index in [0.29, 0.717) is 13.1 Å². The summed E-state index contributed by atoms with van der Waals surface area (Å²) in [5, 5.41) is 5.35. The Morgan fingerprint density at radius 1 is 1.33 bits per heavy atom. The smallest absolute Gasteiger partial charge is 0.333 e. The molecule has 3 rings (SSSR count). The van der Waals surface area contributed by atoms with Crippen LogP contribution in [-0.2, 0) is 6.18 Å². The van der Waals surface area contributed by atoms with E-state index in [9.17, 15) is 18.0 Å². The van der Waals surface area contributed by atoms with Gasteiger partial charge in [0.15, 0.2) is 5.69 Å². The van der Waals surface area contributed by atoms with Gasteiger partial charge in [-0.2, -0.15) is 18.3 Å². The average Bonchev–Trinajstić information content (AvgIpc) is 3.13. The minimum Gasteiger partial charge on any atom is -0.333 e. The summed E-state index contributed by atoms with van der Waals surface area (Å²) in [6.45, 7) is 4.56. The molecule has 2 aromatic heterocycles. The van der Waals surface area contributed by atoms with Crippen LogP contribution in [0.25, 0.3) is 5.13 Å². The molecule has 0 aliphatic carbocycles. The van der Waals surface area contributed by atoms with Gasteiger partial charge in [0.25, 0.3) is 5.91 Å². The van der Waals surface area contributed by atoms with Crippen LogP contribution >= 0.6 is 11.3 Å². The lowest BCUT2D eigenvalue weighted by molar-refractivity contribution is -0.142. The predicted molar refractivity (Wildman–Crippen MR) is 83.3 cm³/mol. The second kappa shape index (κ2) is 6.04. The van der Waals surface area contributed by atoms with Crippen LogP contribution in [-0.4, -0.2) is 38.7 Å². The molecule has 0 N–H and O–H groups in total. The van der Waals surface area contributed by atoms with Crippen molar-refractivity contribution in [2.45, 2.75) is 26.4 Å². The summed E-state index contributed by atoms with van der Waals surface area (Å²) in [6.07, 6.45) is -1.78. The number of halogens is 3. The van der Waals surface area contributed by atoms with E-state index in [1.807, 2.05) is 13.0 Å². The van der Waals surface area contributed by atoms with E-state index in [2.05, 4.69) is 10.1 Å². The molecule has 1 aliphatic heterocycles. The summed E-state index contributed by atoms with van der Waals surface area (Å²) < 4.78 is 40.0. The molecule has 3 heterocycles. The standard InChI is InChI=1S/C15H15F3N4OS/c1-9-3-5-21(6-4-9)13(23)11-8-24-14(19-11)22-12(15(16,17)18)7-10(2)20-22/h3,7-8H,4-6H2,1-2H3. The molecule has 0 radical (unpaired) electrons. The first-order valence-electron chi connectivity index (χ1n) is 7.30. The van der Waals surface area contributed by atoms with Crippen molar-refractivity contribution in [3.05, 3.63) is 40.2 Å². The number of alkyl halides is 3. The third-order valence-electron chi connectivity index (χ3n) is 3.74. The van der Waals surface area contributed by atoms with Gasteiger partial charge >= 0.3 is 6.18 Å². The number of rotatable bonds is 2. The number of aryl methyl sites for hydroxylation is 1. The Morgan fingerprint density at radius 3 is 2.71 bits per heavy atom. The maximum absolute atomic E-state index is 13.1. The Balaban J connectivity index is 1.88. The normalized spacial score (nSPS) is 15.5. The second-order valence-corrected chi connectivity index (χ2v) is 6.48. The molecule has 1 amide bonds. The van der Waals surface area contributed by atoms with E-state index < -0.39 is 11.9 Å². The van der Waals surface area contributed by atoms with E-state index in [-0.39, 0.29) is 22.4 Å². The zero-order chi connectivity index (χ0) is 17.5. The Bertz CT molecular complexity index is 806. The third kappa shape index (κ3) is 3.21. The number of carbonyl (C=O) groups is 1.